The number of ether oxygens (including phenoxy) is 3. The molecule has 0 aliphatic carbocycles. The van der Waals surface area contributed by atoms with Gasteiger partial charge in [-0.2, -0.15) is 0 Å². The van der Waals surface area contributed by atoms with E-state index < -0.39 is 10.9 Å². The predicted molar refractivity (Wildman–Crippen MR) is 80.0 cm³/mol. The first-order valence-electron chi connectivity index (χ1n) is 6.51. The van der Waals surface area contributed by atoms with Gasteiger partial charge in [0.15, 0.2) is 0 Å². The largest absolute Gasteiger partial charge is 0.496 e. The average Bonchev–Trinajstić information content (AvgIpc) is 2.55. The van der Waals surface area contributed by atoms with Crippen LogP contribution < -0.4 is 9.47 Å². The summed E-state index contributed by atoms with van der Waals surface area (Å²) in [6.45, 7) is 1.69. The number of aryl methyl sites for hydroxylation is 1. The normalized spacial score (nSPS) is 10.0. The van der Waals surface area contributed by atoms with Crippen LogP contribution in [0.1, 0.15) is 15.9 Å². The number of methoxy groups -OCH3 is 2. The standard InChI is InChI=1S/C15H14N2O6/c1-9-6-12(17(19)20)14(16-8-9)23-10-4-5-11(15(18)22-3)13(7-10)21-2/h4-8H,1-3H3. The van der Waals surface area contributed by atoms with E-state index in [1.165, 1.54) is 44.7 Å². The molecule has 0 atom stereocenters. The van der Waals surface area contributed by atoms with Crippen molar-refractivity contribution in [2.75, 3.05) is 14.2 Å². The Balaban J connectivity index is 2.38. The third-order valence-electron chi connectivity index (χ3n) is 2.96. The molecule has 0 saturated heterocycles. The van der Waals surface area contributed by atoms with Gasteiger partial charge in [0.05, 0.1) is 19.1 Å². The van der Waals surface area contributed by atoms with Crippen LogP contribution in [0.3, 0.4) is 0 Å². The number of hydrogen-bond donors (Lipinski definition) is 0. The van der Waals surface area contributed by atoms with Crippen molar-refractivity contribution in [2.24, 2.45) is 0 Å². The number of nitro groups is 1. The predicted octanol–water partition coefficient (Wildman–Crippen LogP) is 2.89. The number of hydrogen-bond acceptors (Lipinski definition) is 7. The smallest absolute Gasteiger partial charge is 0.341 e. The van der Waals surface area contributed by atoms with Crippen LogP contribution in [-0.2, 0) is 4.74 Å². The van der Waals surface area contributed by atoms with Crippen LogP contribution in [0.25, 0.3) is 0 Å². The SMILES string of the molecule is COC(=O)c1ccc(Oc2ncc(C)cc2[N+](=O)[O-])cc1OC. The number of rotatable bonds is 5. The Kier molecular flexibility index (Phi) is 4.75. The average molecular weight is 318 g/mol. The second-order valence-corrected chi connectivity index (χ2v) is 4.55. The first-order valence-corrected chi connectivity index (χ1v) is 6.51. The van der Waals surface area contributed by atoms with E-state index >= 15 is 0 Å². The summed E-state index contributed by atoms with van der Waals surface area (Å²) in [5.41, 5.74) is 0.609. The second-order valence-electron chi connectivity index (χ2n) is 4.55. The molecule has 0 unspecified atom stereocenters. The molecule has 1 aromatic heterocycles. The maximum atomic E-state index is 11.6. The van der Waals surface area contributed by atoms with Crippen LogP contribution in [0.2, 0.25) is 0 Å². The third kappa shape index (κ3) is 3.54. The van der Waals surface area contributed by atoms with E-state index in [9.17, 15) is 14.9 Å². The molecule has 8 heteroatoms. The van der Waals surface area contributed by atoms with Crippen LogP contribution >= 0.6 is 0 Å². The maximum Gasteiger partial charge on any atom is 0.341 e. The van der Waals surface area contributed by atoms with E-state index in [0.29, 0.717) is 5.56 Å². The Bertz CT molecular complexity index is 760. The van der Waals surface area contributed by atoms with Gasteiger partial charge in [-0.15, -0.1) is 0 Å². The summed E-state index contributed by atoms with van der Waals surface area (Å²) in [4.78, 5) is 26.0. The number of aromatic nitrogens is 1. The molecule has 1 heterocycles. The summed E-state index contributed by atoms with van der Waals surface area (Å²) in [5.74, 6) is -0.237. The van der Waals surface area contributed by atoms with Crippen molar-refractivity contribution in [3.63, 3.8) is 0 Å². The maximum absolute atomic E-state index is 11.6. The lowest BCUT2D eigenvalue weighted by molar-refractivity contribution is -0.386. The summed E-state index contributed by atoms with van der Waals surface area (Å²) < 4.78 is 15.2. The van der Waals surface area contributed by atoms with E-state index in [1.54, 1.807) is 6.92 Å². The number of nitrogens with zero attached hydrogens (tertiary/aromatic N) is 2. The number of pyridine rings is 1. The zero-order valence-electron chi connectivity index (χ0n) is 12.7. The Labute approximate surface area is 131 Å². The van der Waals surface area contributed by atoms with Crippen molar-refractivity contribution in [1.29, 1.82) is 0 Å². The molecule has 0 aliphatic rings. The lowest BCUT2D eigenvalue weighted by atomic mass is 10.2. The van der Waals surface area contributed by atoms with Crippen molar-refractivity contribution in [2.45, 2.75) is 6.92 Å². The highest BCUT2D eigenvalue weighted by atomic mass is 16.6. The third-order valence-corrected chi connectivity index (χ3v) is 2.96. The molecule has 0 amide bonds. The van der Waals surface area contributed by atoms with Crippen LogP contribution in [-0.4, -0.2) is 30.1 Å². The van der Waals surface area contributed by atoms with Gasteiger partial charge in [0.1, 0.15) is 17.1 Å². The van der Waals surface area contributed by atoms with E-state index in [2.05, 4.69) is 9.72 Å². The van der Waals surface area contributed by atoms with Gasteiger partial charge in [-0.3, -0.25) is 10.1 Å². The highest BCUT2D eigenvalue weighted by Gasteiger charge is 2.19. The van der Waals surface area contributed by atoms with Gasteiger partial charge < -0.3 is 14.2 Å². The molecule has 0 bridgehead atoms. The van der Waals surface area contributed by atoms with Crippen molar-refractivity contribution in [3.8, 4) is 17.4 Å². The molecule has 2 aromatic rings. The monoisotopic (exact) mass is 318 g/mol. The number of benzene rings is 1. The van der Waals surface area contributed by atoms with Gasteiger partial charge in [-0.25, -0.2) is 9.78 Å². The van der Waals surface area contributed by atoms with Gasteiger partial charge in [0.25, 0.3) is 5.88 Å². The van der Waals surface area contributed by atoms with Gasteiger partial charge in [-0.05, 0) is 24.6 Å². The minimum atomic E-state index is -0.574. The summed E-state index contributed by atoms with van der Waals surface area (Å²) >= 11 is 0. The van der Waals surface area contributed by atoms with Gasteiger partial charge in [0, 0.05) is 18.3 Å². The Hall–Kier alpha value is -3.16. The highest BCUT2D eigenvalue weighted by Crippen LogP contribution is 2.32. The van der Waals surface area contributed by atoms with E-state index in [0.717, 1.165) is 0 Å². The lowest BCUT2D eigenvalue weighted by Gasteiger charge is -2.10. The van der Waals surface area contributed by atoms with E-state index in [1.807, 2.05) is 0 Å². The van der Waals surface area contributed by atoms with Crippen molar-refractivity contribution >= 4 is 11.7 Å². The topological polar surface area (TPSA) is 101 Å². The van der Waals surface area contributed by atoms with E-state index in [-0.39, 0.29) is 28.6 Å². The molecule has 1 aromatic carbocycles. The van der Waals surface area contributed by atoms with Crippen LogP contribution in [0, 0.1) is 17.0 Å². The lowest BCUT2D eigenvalue weighted by Crippen LogP contribution is -2.04. The molecule has 0 saturated carbocycles. The van der Waals surface area contributed by atoms with Crippen molar-refractivity contribution in [1.82, 2.24) is 4.98 Å². The van der Waals surface area contributed by atoms with Crippen molar-refractivity contribution in [3.05, 3.63) is 51.7 Å². The minimum absolute atomic E-state index is 0.145. The molecule has 0 radical (unpaired) electrons. The zero-order valence-corrected chi connectivity index (χ0v) is 12.7. The van der Waals surface area contributed by atoms with Crippen LogP contribution in [0.4, 0.5) is 5.69 Å². The summed E-state index contributed by atoms with van der Waals surface area (Å²) in [7, 11) is 2.64. The molecule has 120 valence electrons. The molecule has 0 N–H and O–H groups in total. The fourth-order valence-electron chi connectivity index (χ4n) is 1.88. The fraction of sp³-hybridized carbons (Fsp3) is 0.200. The second kappa shape index (κ2) is 6.73. The quantitative estimate of drug-likeness (QED) is 0.474. The zero-order chi connectivity index (χ0) is 17.0. The Morgan fingerprint density at radius 1 is 1.26 bits per heavy atom. The van der Waals surface area contributed by atoms with Gasteiger partial charge in [-0.1, -0.05) is 0 Å². The number of esters is 1. The summed E-state index contributed by atoms with van der Waals surface area (Å²) in [5, 5.41) is 11.1. The fourth-order valence-corrected chi connectivity index (χ4v) is 1.88. The van der Waals surface area contributed by atoms with Gasteiger partial charge in [0.2, 0.25) is 0 Å². The Morgan fingerprint density at radius 2 is 2.00 bits per heavy atom. The first-order chi connectivity index (χ1) is 11.0. The molecule has 0 aliphatic heterocycles. The number of carbonyl (C=O) groups is 1. The minimum Gasteiger partial charge on any atom is -0.496 e. The summed E-state index contributed by atoms with van der Waals surface area (Å²) in [6, 6.07) is 5.71. The molecular weight excluding hydrogens is 304 g/mol. The molecule has 0 fully saturated rings. The molecule has 2 rings (SSSR count). The van der Waals surface area contributed by atoms with Crippen molar-refractivity contribution < 1.29 is 23.9 Å². The molecule has 8 nitrogen and oxygen atoms in total. The van der Waals surface area contributed by atoms with Gasteiger partial charge >= 0.3 is 11.7 Å². The molecular formula is C15H14N2O6. The summed E-state index contributed by atoms with van der Waals surface area (Å²) in [6.07, 6.45) is 1.46. The highest BCUT2D eigenvalue weighted by molar-refractivity contribution is 5.92. The van der Waals surface area contributed by atoms with E-state index in [4.69, 9.17) is 9.47 Å². The number of carbonyl (C=O) groups excluding carboxylic acids is 1. The van der Waals surface area contributed by atoms with Crippen LogP contribution in [0.5, 0.6) is 17.4 Å². The Morgan fingerprint density at radius 3 is 2.61 bits per heavy atom. The van der Waals surface area contributed by atoms with Crippen LogP contribution in [0.15, 0.2) is 30.5 Å². The molecule has 0 spiro atoms. The molecule has 23 heavy (non-hydrogen) atoms. The first kappa shape index (κ1) is 16.2.